The number of hydrogen-bond donors (Lipinski definition) is 0. The van der Waals surface area contributed by atoms with Crippen LogP contribution in [0.2, 0.25) is 5.02 Å². The summed E-state index contributed by atoms with van der Waals surface area (Å²) in [5.41, 5.74) is 1.62. The Morgan fingerprint density at radius 2 is 2.00 bits per heavy atom. The fourth-order valence-corrected chi connectivity index (χ4v) is 1.34. The predicted molar refractivity (Wildman–Crippen MR) is 58.5 cm³/mol. The minimum atomic E-state index is 0.402. The van der Waals surface area contributed by atoms with E-state index in [1.807, 2.05) is 6.92 Å². The molecule has 0 saturated carbocycles. The Morgan fingerprint density at radius 1 is 1.33 bits per heavy atom. The van der Waals surface area contributed by atoms with Crippen LogP contribution in [0.5, 0.6) is 0 Å². The van der Waals surface area contributed by atoms with Crippen LogP contribution in [0.25, 0.3) is 5.95 Å². The van der Waals surface area contributed by atoms with Crippen LogP contribution in [-0.4, -0.2) is 19.7 Å². The zero-order valence-electron chi connectivity index (χ0n) is 7.98. The molecule has 6 heteroatoms. The van der Waals surface area contributed by atoms with Gasteiger partial charge in [0.25, 0.3) is 0 Å². The lowest BCUT2D eigenvalue weighted by Crippen LogP contribution is -2.01. The normalized spacial score (nSPS) is 10.6. The molecule has 2 heterocycles. The third kappa shape index (κ3) is 2.11. The van der Waals surface area contributed by atoms with Gasteiger partial charge in [0.15, 0.2) is 0 Å². The Labute approximate surface area is 96.9 Å². The number of rotatable bonds is 2. The van der Waals surface area contributed by atoms with Crippen molar-refractivity contribution in [2.24, 2.45) is 0 Å². The van der Waals surface area contributed by atoms with Crippen LogP contribution >= 0.6 is 23.2 Å². The van der Waals surface area contributed by atoms with Crippen LogP contribution in [0.4, 0.5) is 0 Å². The Kier molecular flexibility index (Phi) is 2.88. The lowest BCUT2D eigenvalue weighted by atomic mass is 10.4. The summed E-state index contributed by atoms with van der Waals surface area (Å²) in [5.74, 6) is 0.887. The third-order valence-electron chi connectivity index (χ3n) is 1.89. The molecule has 0 fully saturated rings. The van der Waals surface area contributed by atoms with Crippen molar-refractivity contribution in [1.82, 2.24) is 19.7 Å². The van der Waals surface area contributed by atoms with Crippen molar-refractivity contribution >= 4 is 23.2 Å². The second kappa shape index (κ2) is 4.16. The molecule has 0 aliphatic heterocycles. The first-order valence-electron chi connectivity index (χ1n) is 4.29. The van der Waals surface area contributed by atoms with Gasteiger partial charge in [-0.15, -0.1) is 11.6 Å². The van der Waals surface area contributed by atoms with Crippen molar-refractivity contribution in [1.29, 1.82) is 0 Å². The molecule has 0 atom stereocenters. The molecule has 15 heavy (non-hydrogen) atoms. The van der Waals surface area contributed by atoms with Crippen LogP contribution in [0.3, 0.4) is 0 Å². The van der Waals surface area contributed by atoms with Crippen molar-refractivity contribution in [2.75, 3.05) is 0 Å². The maximum Gasteiger partial charge on any atom is 0.250 e. The number of hydrogen-bond acceptors (Lipinski definition) is 3. The van der Waals surface area contributed by atoms with Gasteiger partial charge >= 0.3 is 0 Å². The molecular weight excluding hydrogens is 235 g/mol. The fraction of sp³-hybridized carbons (Fsp3) is 0.222. The Hall–Kier alpha value is -1.13. The van der Waals surface area contributed by atoms with Gasteiger partial charge in [0.2, 0.25) is 5.95 Å². The summed E-state index contributed by atoms with van der Waals surface area (Å²) in [5, 5.41) is 4.76. The lowest BCUT2D eigenvalue weighted by Gasteiger charge is -1.98. The van der Waals surface area contributed by atoms with Crippen molar-refractivity contribution < 1.29 is 0 Å². The van der Waals surface area contributed by atoms with Gasteiger partial charge in [-0.05, 0) is 6.92 Å². The summed E-state index contributed by atoms with van der Waals surface area (Å²) < 4.78 is 1.54. The molecule has 4 nitrogen and oxygen atoms in total. The predicted octanol–water partition coefficient (Wildman–Crippen LogP) is 2.36. The Morgan fingerprint density at radius 3 is 2.47 bits per heavy atom. The van der Waals surface area contributed by atoms with Crippen LogP contribution in [0, 0.1) is 6.92 Å². The number of aryl methyl sites for hydroxylation is 1. The van der Waals surface area contributed by atoms with Crippen molar-refractivity contribution in [3.05, 3.63) is 34.9 Å². The summed E-state index contributed by atoms with van der Waals surface area (Å²) in [7, 11) is 0. The Bertz CT molecular complexity index is 444. The van der Waals surface area contributed by atoms with E-state index in [-0.39, 0.29) is 0 Å². The molecule has 0 amide bonds. The van der Waals surface area contributed by atoms with E-state index in [0.29, 0.717) is 16.9 Å². The van der Waals surface area contributed by atoms with E-state index in [4.69, 9.17) is 23.2 Å². The van der Waals surface area contributed by atoms with Gasteiger partial charge in [-0.2, -0.15) is 5.10 Å². The molecule has 0 aliphatic rings. The minimum Gasteiger partial charge on any atom is -0.219 e. The first-order valence-corrected chi connectivity index (χ1v) is 5.21. The van der Waals surface area contributed by atoms with Crippen molar-refractivity contribution in [3.63, 3.8) is 0 Å². The first-order chi connectivity index (χ1) is 7.20. The monoisotopic (exact) mass is 242 g/mol. The zero-order valence-corrected chi connectivity index (χ0v) is 9.50. The van der Waals surface area contributed by atoms with Crippen molar-refractivity contribution in [3.8, 4) is 5.95 Å². The summed E-state index contributed by atoms with van der Waals surface area (Å²) >= 11 is 11.5. The average Bonchev–Trinajstić information content (AvgIpc) is 2.59. The molecular formula is C9H8Cl2N4. The van der Waals surface area contributed by atoms with Gasteiger partial charge in [-0.1, -0.05) is 11.6 Å². The van der Waals surface area contributed by atoms with E-state index >= 15 is 0 Å². The highest BCUT2D eigenvalue weighted by molar-refractivity contribution is 6.31. The topological polar surface area (TPSA) is 43.6 Å². The zero-order chi connectivity index (χ0) is 10.8. The van der Waals surface area contributed by atoms with Gasteiger partial charge in [-0.25, -0.2) is 14.6 Å². The lowest BCUT2D eigenvalue weighted by molar-refractivity contribution is 0.794. The smallest absolute Gasteiger partial charge is 0.219 e. The highest BCUT2D eigenvalue weighted by atomic mass is 35.5. The van der Waals surface area contributed by atoms with E-state index in [1.54, 1.807) is 18.6 Å². The minimum absolute atomic E-state index is 0.402. The standard InChI is InChI=1S/C9H8Cl2N4/c1-6-8(11)5-15(14-6)9-12-3-7(2-10)4-13-9/h3-5H,2H2,1H3. The summed E-state index contributed by atoms with van der Waals surface area (Å²) in [6.45, 7) is 1.83. The van der Waals surface area contributed by atoms with Crippen LogP contribution < -0.4 is 0 Å². The first kappa shape index (κ1) is 10.4. The molecule has 0 N–H and O–H groups in total. The van der Waals surface area contributed by atoms with Crippen LogP contribution in [0.15, 0.2) is 18.6 Å². The molecule has 0 saturated heterocycles. The molecule has 2 aromatic heterocycles. The molecule has 0 radical (unpaired) electrons. The SMILES string of the molecule is Cc1nn(-c2ncc(CCl)cn2)cc1Cl. The van der Waals surface area contributed by atoms with Gasteiger partial charge in [0, 0.05) is 18.0 Å². The Balaban J connectivity index is 2.37. The number of alkyl halides is 1. The second-order valence-corrected chi connectivity index (χ2v) is 3.71. The quantitative estimate of drug-likeness (QED) is 0.760. The van der Waals surface area contributed by atoms with E-state index in [9.17, 15) is 0 Å². The van der Waals surface area contributed by atoms with Gasteiger partial charge in [0.1, 0.15) is 0 Å². The summed E-state index contributed by atoms with van der Waals surface area (Å²) in [6, 6.07) is 0. The van der Waals surface area contributed by atoms with Crippen LogP contribution in [-0.2, 0) is 5.88 Å². The van der Waals surface area contributed by atoms with E-state index in [2.05, 4.69) is 15.1 Å². The molecule has 0 unspecified atom stereocenters. The molecule has 0 bridgehead atoms. The third-order valence-corrected chi connectivity index (χ3v) is 2.57. The maximum absolute atomic E-state index is 5.88. The van der Waals surface area contributed by atoms with E-state index < -0.39 is 0 Å². The van der Waals surface area contributed by atoms with Gasteiger partial charge in [-0.3, -0.25) is 0 Å². The number of nitrogens with zero attached hydrogens (tertiary/aromatic N) is 4. The van der Waals surface area contributed by atoms with Crippen LogP contribution in [0.1, 0.15) is 11.3 Å². The summed E-state index contributed by atoms with van der Waals surface area (Å²) in [6.07, 6.45) is 5.01. The highest BCUT2D eigenvalue weighted by Gasteiger charge is 2.05. The fourth-order valence-electron chi connectivity index (χ4n) is 1.08. The van der Waals surface area contributed by atoms with Gasteiger partial charge in [0.05, 0.1) is 22.8 Å². The number of aromatic nitrogens is 4. The van der Waals surface area contributed by atoms with E-state index in [1.165, 1.54) is 4.68 Å². The average molecular weight is 243 g/mol. The molecule has 0 aliphatic carbocycles. The van der Waals surface area contributed by atoms with Gasteiger partial charge < -0.3 is 0 Å². The molecule has 0 aromatic carbocycles. The molecule has 2 rings (SSSR count). The number of halogens is 2. The maximum atomic E-state index is 5.88. The summed E-state index contributed by atoms with van der Waals surface area (Å²) in [4.78, 5) is 8.24. The highest BCUT2D eigenvalue weighted by Crippen LogP contribution is 2.14. The van der Waals surface area contributed by atoms with Crippen molar-refractivity contribution in [2.45, 2.75) is 12.8 Å². The largest absolute Gasteiger partial charge is 0.250 e. The second-order valence-electron chi connectivity index (χ2n) is 3.03. The van der Waals surface area contributed by atoms with E-state index in [0.717, 1.165) is 11.3 Å². The molecule has 2 aromatic rings. The molecule has 78 valence electrons. The molecule has 0 spiro atoms.